The highest BCUT2D eigenvalue weighted by molar-refractivity contribution is 5.91. The lowest BCUT2D eigenvalue weighted by Crippen LogP contribution is -2.45. The van der Waals surface area contributed by atoms with Gasteiger partial charge in [-0.15, -0.1) is 10.2 Å². The van der Waals surface area contributed by atoms with Crippen molar-refractivity contribution in [3.05, 3.63) is 65.4 Å². The van der Waals surface area contributed by atoms with Crippen LogP contribution in [0.25, 0.3) is 5.65 Å². The van der Waals surface area contributed by atoms with E-state index in [4.69, 9.17) is 5.73 Å². The third-order valence-corrected chi connectivity index (χ3v) is 6.49. The van der Waals surface area contributed by atoms with Gasteiger partial charge in [0.1, 0.15) is 5.82 Å². The summed E-state index contributed by atoms with van der Waals surface area (Å²) in [5, 5.41) is 7.78. The quantitative estimate of drug-likeness (QED) is 0.630. The number of likely N-dealkylation sites (tertiary alicyclic amines) is 1. The van der Waals surface area contributed by atoms with Crippen LogP contribution in [0.1, 0.15) is 40.5 Å². The normalized spacial score (nSPS) is 25.9. The molecule has 2 fully saturated rings. The summed E-state index contributed by atoms with van der Waals surface area (Å²) in [6, 6.07) is 8.24. The van der Waals surface area contributed by atoms with Gasteiger partial charge in [-0.1, -0.05) is 18.2 Å². The molecule has 0 bridgehead atoms. The fourth-order valence-corrected chi connectivity index (χ4v) is 5.08. The average molecular weight is 433 g/mol. The van der Waals surface area contributed by atoms with Crippen LogP contribution in [-0.4, -0.2) is 44.0 Å². The molecule has 1 amide bonds. The van der Waals surface area contributed by atoms with Gasteiger partial charge in [0, 0.05) is 24.8 Å². The summed E-state index contributed by atoms with van der Waals surface area (Å²) in [5.41, 5.74) is 5.77. The molecule has 5 rings (SSSR count). The topological polar surface area (TPSA) is 76.5 Å². The molecule has 3 atom stereocenters. The van der Waals surface area contributed by atoms with Crippen molar-refractivity contribution in [3.63, 3.8) is 0 Å². The van der Waals surface area contributed by atoms with Crippen LogP contribution in [-0.2, 0) is 6.18 Å². The molecular weight excluding hydrogens is 414 g/mol. The fourth-order valence-electron chi connectivity index (χ4n) is 5.08. The maximum atomic E-state index is 13.6. The number of hydrogen-bond donors (Lipinski definition) is 1. The van der Waals surface area contributed by atoms with Crippen molar-refractivity contribution in [2.75, 3.05) is 13.1 Å². The van der Waals surface area contributed by atoms with E-state index in [2.05, 4.69) is 10.2 Å². The number of pyridine rings is 1. The standard InChI is InChI=1S/C21H19F4N5O/c22-14-5-6-17-27-28-18(30(17)10-14)19(31)29-9-13-7-12(8-20(13,26)11-29)15-3-1-2-4-16(15)21(23,24)25/h1-6,10,12-13H,7-9,11,26H2/t12-,13-,20-/m0/s1. The van der Waals surface area contributed by atoms with Gasteiger partial charge in [-0.2, -0.15) is 13.2 Å². The van der Waals surface area contributed by atoms with Gasteiger partial charge in [-0.05, 0) is 48.4 Å². The van der Waals surface area contributed by atoms with Crippen molar-refractivity contribution in [1.82, 2.24) is 19.5 Å². The van der Waals surface area contributed by atoms with Gasteiger partial charge in [0.05, 0.1) is 5.56 Å². The van der Waals surface area contributed by atoms with Crippen LogP contribution in [0.15, 0.2) is 42.6 Å². The zero-order valence-electron chi connectivity index (χ0n) is 16.3. The van der Waals surface area contributed by atoms with Gasteiger partial charge in [0.25, 0.3) is 5.91 Å². The molecule has 10 heteroatoms. The molecule has 1 saturated carbocycles. The first-order valence-corrected chi connectivity index (χ1v) is 9.90. The number of nitrogens with zero attached hydrogens (tertiary/aromatic N) is 4. The van der Waals surface area contributed by atoms with Gasteiger partial charge < -0.3 is 10.6 Å². The Labute approximate surface area is 174 Å². The van der Waals surface area contributed by atoms with Crippen molar-refractivity contribution in [3.8, 4) is 0 Å². The number of aromatic nitrogens is 3. The number of benzene rings is 1. The van der Waals surface area contributed by atoms with Crippen molar-refractivity contribution in [2.24, 2.45) is 11.7 Å². The SMILES string of the molecule is N[C@]12C[C@@H](c3ccccc3C(F)(F)F)C[C@H]1CN(C(=O)c1nnc3ccc(F)cn13)C2. The van der Waals surface area contributed by atoms with Crippen LogP contribution in [0.5, 0.6) is 0 Å². The minimum Gasteiger partial charge on any atom is -0.334 e. The highest BCUT2D eigenvalue weighted by atomic mass is 19.4. The predicted octanol–water partition coefficient (Wildman–Crippen LogP) is 3.23. The predicted molar refractivity (Wildman–Crippen MR) is 103 cm³/mol. The Morgan fingerprint density at radius 3 is 2.68 bits per heavy atom. The number of fused-ring (bicyclic) bond motifs is 2. The second-order valence-electron chi connectivity index (χ2n) is 8.44. The van der Waals surface area contributed by atoms with Crippen molar-refractivity contribution in [1.29, 1.82) is 0 Å². The molecule has 0 radical (unpaired) electrons. The lowest BCUT2D eigenvalue weighted by molar-refractivity contribution is -0.138. The average Bonchev–Trinajstić information content (AvgIpc) is 3.36. The van der Waals surface area contributed by atoms with E-state index in [0.29, 0.717) is 25.0 Å². The molecule has 3 aromatic rings. The molecular formula is C21H19F4N5O. The monoisotopic (exact) mass is 433 g/mol. The highest BCUT2D eigenvalue weighted by Gasteiger charge is 2.53. The maximum absolute atomic E-state index is 13.6. The Bertz CT molecular complexity index is 1180. The Balaban J connectivity index is 1.37. The minimum absolute atomic E-state index is 0.0166. The van der Waals surface area contributed by atoms with E-state index in [0.717, 1.165) is 12.3 Å². The van der Waals surface area contributed by atoms with E-state index >= 15 is 0 Å². The molecule has 1 aliphatic carbocycles. The molecule has 2 aliphatic rings. The Kier molecular flexibility index (Phi) is 4.34. The second kappa shape index (κ2) is 6.74. The third kappa shape index (κ3) is 3.25. The minimum atomic E-state index is -4.43. The van der Waals surface area contributed by atoms with Crippen LogP contribution in [0.2, 0.25) is 0 Å². The Morgan fingerprint density at radius 2 is 1.94 bits per heavy atom. The molecule has 0 unspecified atom stereocenters. The van der Waals surface area contributed by atoms with E-state index in [-0.39, 0.29) is 29.8 Å². The van der Waals surface area contributed by atoms with Crippen molar-refractivity contribution < 1.29 is 22.4 Å². The molecule has 0 spiro atoms. The summed E-state index contributed by atoms with van der Waals surface area (Å²) in [6.45, 7) is 0.510. The summed E-state index contributed by atoms with van der Waals surface area (Å²) < 4.78 is 55.2. The van der Waals surface area contributed by atoms with Crippen molar-refractivity contribution in [2.45, 2.75) is 30.5 Å². The largest absolute Gasteiger partial charge is 0.416 e. The zero-order chi connectivity index (χ0) is 22.0. The molecule has 2 aromatic heterocycles. The molecule has 2 N–H and O–H groups in total. The summed E-state index contributed by atoms with van der Waals surface area (Å²) in [7, 11) is 0. The van der Waals surface area contributed by atoms with Crippen LogP contribution in [0.3, 0.4) is 0 Å². The molecule has 1 aliphatic heterocycles. The van der Waals surface area contributed by atoms with Gasteiger partial charge in [0.2, 0.25) is 5.82 Å². The summed E-state index contributed by atoms with van der Waals surface area (Å²) >= 11 is 0. The number of rotatable bonds is 2. The molecule has 162 valence electrons. The Morgan fingerprint density at radius 1 is 1.16 bits per heavy atom. The van der Waals surface area contributed by atoms with Crippen LogP contribution in [0, 0.1) is 11.7 Å². The molecule has 31 heavy (non-hydrogen) atoms. The summed E-state index contributed by atoms with van der Waals surface area (Å²) in [4.78, 5) is 14.6. The third-order valence-electron chi connectivity index (χ3n) is 6.49. The lowest BCUT2D eigenvalue weighted by Gasteiger charge is -2.25. The molecule has 6 nitrogen and oxygen atoms in total. The van der Waals surface area contributed by atoms with Gasteiger partial charge >= 0.3 is 6.18 Å². The van der Waals surface area contributed by atoms with Gasteiger partial charge in [-0.25, -0.2) is 4.39 Å². The van der Waals surface area contributed by atoms with Crippen molar-refractivity contribution >= 4 is 11.6 Å². The first-order chi connectivity index (χ1) is 14.7. The number of alkyl halides is 3. The molecule has 1 saturated heterocycles. The number of halogens is 4. The number of carbonyl (C=O) groups excluding carboxylic acids is 1. The highest BCUT2D eigenvalue weighted by Crippen LogP contribution is 2.50. The van der Waals surface area contributed by atoms with Crippen LogP contribution in [0.4, 0.5) is 17.6 Å². The van der Waals surface area contributed by atoms with Crippen LogP contribution < -0.4 is 5.73 Å². The Hall–Kier alpha value is -3.01. The van der Waals surface area contributed by atoms with E-state index in [1.54, 1.807) is 6.07 Å². The first kappa shape index (κ1) is 19.9. The number of nitrogens with two attached hydrogens (primary N) is 1. The van der Waals surface area contributed by atoms with Gasteiger partial charge in [0.15, 0.2) is 5.65 Å². The van der Waals surface area contributed by atoms with E-state index < -0.39 is 29.0 Å². The van der Waals surface area contributed by atoms with E-state index in [1.165, 1.54) is 33.6 Å². The van der Waals surface area contributed by atoms with Crippen LogP contribution >= 0.6 is 0 Å². The van der Waals surface area contributed by atoms with E-state index in [9.17, 15) is 22.4 Å². The first-order valence-electron chi connectivity index (χ1n) is 9.90. The van der Waals surface area contributed by atoms with E-state index in [1.807, 2.05) is 0 Å². The smallest absolute Gasteiger partial charge is 0.334 e. The fraction of sp³-hybridized carbons (Fsp3) is 0.381. The number of amides is 1. The zero-order valence-corrected chi connectivity index (χ0v) is 16.3. The second-order valence-corrected chi connectivity index (χ2v) is 8.44. The molecule has 1 aromatic carbocycles. The molecule has 3 heterocycles. The lowest BCUT2D eigenvalue weighted by atomic mass is 9.89. The maximum Gasteiger partial charge on any atom is 0.416 e. The number of carbonyl (C=O) groups is 1. The number of hydrogen-bond acceptors (Lipinski definition) is 4. The van der Waals surface area contributed by atoms with Gasteiger partial charge in [-0.3, -0.25) is 9.20 Å². The summed E-state index contributed by atoms with van der Waals surface area (Å²) in [5.74, 6) is -1.44. The summed E-state index contributed by atoms with van der Waals surface area (Å²) in [6.07, 6.45) is -2.48.